The Bertz CT molecular complexity index is 847. The Labute approximate surface area is 185 Å². The summed E-state index contributed by atoms with van der Waals surface area (Å²) in [7, 11) is 3.49. The number of methoxy groups -OCH3 is 1. The van der Waals surface area contributed by atoms with Crippen LogP contribution in [0.2, 0.25) is 0 Å². The fraction of sp³-hybridized carbons (Fsp3) is 0.650. The van der Waals surface area contributed by atoms with Gasteiger partial charge >= 0.3 is 0 Å². The standard InChI is InChI=1S/C20H31N5O2.2ClH/c1-13-15(14(2)23-18-17(13)19(27-5)24-25(18)4)6-7-16(26)22-12-20(3)8-10-21-11-9-20;;/h21H,6-12H2,1-5H3,(H,22,26);2*1H. The number of piperidine rings is 1. The van der Waals surface area contributed by atoms with Gasteiger partial charge in [0.25, 0.3) is 0 Å². The van der Waals surface area contributed by atoms with Crippen LogP contribution in [0.4, 0.5) is 0 Å². The molecule has 2 N–H and O–H groups in total. The monoisotopic (exact) mass is 445 g/mol. The second-order valence-corrected chi connectivity index (χ2v) is 7.97. The summed E-state index contributed by atoms with van der Waals surface area (Å²) in [6.45, 7) is 9.13. The first-order chi connectivity index (χ1) is 12.8. The number of fused-ring (bicyclic) bond motifs is 1. The quantitative estimate of drug-likeness (QED) is 0.713. The number of ether oxygens (including phenoxy) is 1. The summed E-state index contributed by atoms with van der Waals surface area (Å²) in [5, 5.41) is 11.8. The van der Waals surface area contributed by atoms with Crippen LogP contribution in [0.15, 0.2) is 0 Å². The molecule has 0 spiro atoms. The lowest BCUT2D eigenvalue weighted by Gasteiger charge is -2.34. The van der Waals surface area contributed by atoms with Crippen LogP contribution in [0.5, 0.6) is 5.88 Å². The Hall–Kier alpha value is -1.57. The summed E-state index contributed by atoms with van der Waals surface area (Å²) in [4.78, 5) is 17.1. The number of halogens is 2. The molecule has 1 fully saturated rings. The van der Waals surface area contributed by atoms with Gasteiger partial charge in [0.1, 0.15) is 0 Å². The highest BCUT2D eigenvalue weighted by atomic mass is 35.5. The van der Waals surface area contributed by atoms with Crippen molar-refractivity contribution in [3.8, 4) is 5.88 Å². The number of hydrogen-bond acceptors (Lipinski definition) is 5. The van der Waals surface area contributed by atoms with Crippen molar-refractivity contribution < 1.29 is 9.53 Å². The largest absolute Gasteiger partial charge is 0.479 e. The minimum absolute atomic E-state index is 0. The van der Waals surface area contributed by atoms with Crippen molar-refractivity contribution in [3.05, 3.63) is 16.8 Å². The molecule has 2 aromatic heterocycles. The van der Waals surface area contributed by atoms with Crippen LogP contribution >= 0.6 is 24.8 Å². The van der Waals surface area contributed by atoms with Crippen molar-refractivity contribution in [1.29, 1.82) is 0 Å². The molecule has 0 radical (unpaired) electrons. The van der Waals surface area contributed by atoms with Gasteiger partial charge in [-0.2, -0.15) is 0 Å². The van der Waals surface area contributed by atoms with Gasteiger partial charge in [-0.05, 0) is 62.7 Å². The molecule has 0 aliphatic carbocycles. The van der Waals surface area contributed by atoms with E-state index in [-0.39, 0.29) is 36.1 Å². The lowest BCUT2D eigenvalue weighted by atomic mass is 9.81. The van der Waals surface area contributed by atoms with Gasteiger partial charge in [-0.1, -0.05) is 6.92 Å². The third-order valence-corrected chi connectivity index (χ3v) is 5.84. The molecule has 0 atom stereocenters. The van der Waals surface area contributed by atoms with E-state index in [1.54, 1.807) is 11.8 Å². The Morgan fingerprint density at radius 2 is 1.93 bits per heavy atom. The Kier molecular flexibility index (Phi) is 9.18. The molecule has 1 amide bonds. The molecule has 9 heteroatoms. The first-order valence-corrected chi connectivity index (χ1v) is 9.69. The average Bonchev–Trinajstić information content (AvgIpc) is 2.96. The van der Waals surface area contributed by atoms with Gasteiger partial charge in [0.05, 0.1) is 12.5 Å². The topological polar surface area (TPSA) is 81.1 Å². The Morgan fingerprint density at radius 3 is 2.55 bits per heavy atom. The maximum atomic E-state index is 12.4. The second-order valence-electron chi connectivity index (χ2n) is 7.97. The van der Waals surface area contributed by atoms with Gasteiger partial charge in [-0.25, -0.2) is 9.67 Å². The minimum Gasteiger partial charge on any atom is -0.479 e. The molecule has 3 rings (SSSR count). The zero-order valence-corrected chi connectivity index (χ0v) is 19.6. The number of carbonyl (C=O) groups excluding carboxylic acids is 1. The average molecular weight is 446 g/mol. The third-order valence-electron chi connectivity index (χ3n) is 5.84. The zero-order valence-electron chi connectivity index (χ0n) is 17.9. The van der Waals surface area contributed by atoms with Crippen LogP contribution in [-0.4, -0.2) is 47.4 Å². The SMILES string of the molecule is COc1nn(C)c2nc(C)c(CCC(=O)NCC3(C)CCNCC3)c(C)c12.Cl.Cl. The maximum Gasteiger partial charge on any atom is 0.242 e. The summed E-state index contributed by atoms with van der Waals surface area (Å²) < 4.78 is 7.15. The normalized spacial score (nSPS) is 15.3. The molecule has 0 aromatic carbocycles. The predicted molar refractivity (Wildman–Crippen MR) is 121 cm³/mol. The summed E-state index contributed by atoms with van der Waals surface area (Å²) in [5.41, 5.74) is 4.17. The molecule has 0 bridgehead atoms. The molecular weight excluding hydrogens is 413 g/mol. The third kappa shape index (κ3) is 5.53. The molecule has 3 heterocycles. The van der Waals surface area contributed by atoms with E-state index in [4.69, 9.17) is 9.72 Å². The van der Waals surface area contributed by atoms with Crippen LogP contribution < -0.4 is 15.4 Å². The van der Waals surface area contributed by atoms with E-state index in [1.807, 2.05) is 14.0 Å². The summed E-state index contributed by atoms with van der Waals surface area (Å²) >= 11 is 0. The highest BCUT2D eigenvalue weighted by Crippen LogP contribution is 2.30. The van der Waals surface area contributed by atoms with Crippen molar-refractivity contribution in [1.82, 2.24) is 25.4 Å². The van der Waals surface area contributed by atoms with E-state index in [2.05, 4.69) is 29.6 Å². The van der Waals surface area contributed by atoms with Crippen LogP contribution in [0.1, 0.15) is 43.0 Å². The second kappa shape index (κ2) is 10.5. The highest BCUT2D eigenvalue weighted by Gasteiger charge is 2.27. The number of aryl methyl sites for hydroxylation is 3. The van der Waals surface area contributed by atoms with Gasteiger partial charge in [0, 0.05) is 25.7 Å². The molecule has 1 saturated heterocycles. The molecule has 0 saturated carbocycles. The van der Waals surface area contributed by atoms with Crippen LogP contribution in [0, 0.1) is 19.3 Å². The van der Waals surface area contributed by atoms with Gasteiger partial charge in [-0.15, -0.1) is 29.9 Å². The number of hydrogen-bond donors (Lipinski definition) is 2. The van der Waals surface area contributed by atoms with Crippen molar-refractivity contribution in [2.45, 2.75) is 46.5 Å². The minimum atomic E-state index is 0. The summed E-state index contributed by atoms with van der Waals surface area (Å²) in [6.07, 6.45) is 3.34. The summed E-state index contributed by atoms with van der Waals surface area (Å²) in [6, 6.07) is 0. The van der Waals surface area contributed by atoms with E-state index in [1.165, 1.54) is 0 Å². The number of rotatable bonds is 6. The fourth-order valence-electron chi connectivity index (χ4n) is 3.95. The first kappa shape index (κ1) is 25.5. The van der Waals surface area contributed by atoms with E-state index in [0.717, 1.165) is 60.3 Å². The predicted octanol–water partition coefficient (Wildman–Crippen LogP) is 2.88. The van der Waals surface area contributed by atoms with Crippen molar-refractivity contribution in [2.24, 2.45) is 12.5 Å². The molecule has 1 aliphatic rings. The Morgan fingerprint density at radius 1 is 1.28 bits per heavy atom. The number of nitrogens with zero attached hydrogens (tertiary/aromatic N) is 3. The van der Waals surface area contributed by atoms with Gasteiger partial charge in [0.15, 0.2) is 5.65 Å². The van der Waals surface area contributed by atoms with Gasteiger partial charge in [-0.3, -0.25) is 4.79 Å². The lowest BCUT2D eigenvalue weighted by Crippen LogP contribution is -2.42. The Balaban J connectivity index is 0.00000210. The molecule has 7 nitrogen and oxygen atoms in total. The fourth-order valence-corrected chi connectivity index (χ4v) is 3.95. The van der Waals surface area contributed by atoms with Gasteiger partial charge in [0.2, 0.25) is 11.8 Å². The molecule has 29 heavy (non-hydrogen) atoms. The van der Waals surface area contributed by atoms with E-state index in [0.29, 0.717) is 18.7 Å². The van der Waals surface area contributed by atoms with Crippen molar-refractivity contribution in [3.63, 3.8) is 0 Å². The number of aromatic nitrogens is 3. The van der Waals surface area contributed by atoms with Crippen LogP contribution in [0.3, 0.4) is 0 Å². The van der Waals surface area contributed by atoms with E-state index < -0.39 is 0 Å². The molecule has 0 unspecified atom stereocenters. The number of nitrogens with one attached hydrogen (secondary N) is 2. The number of pyridine rings is 1. The van der Waals surface area contributed by atoms with E-state index >= 15 is 0 Å². The molecule has 1 aliphatic heterocycles. The first-order valence-electron chi connectivity index (χ1n) is 9.69. The number of carbonyl (C=O) groups is 1. The molecular formula is C20H33Cl2N5O2. The smallest absolute Gasteiger partial charge is 0.242 e. The van der Waals surface area contributed by atoms with Crippen molar-refractivity contribution in [2.75, 3.05) is 26.7 Å². The lowest BCUT2D eigenvalue weighted by molar-refractivity contribution is -0.121. The number of amides is 1. The maximum absolute atomic E-state index is 12.4. The molecule has 2 aromatic rings. The highest BCUT2D eigenvalue weighted by molar-refractivity contribution is 5.86. The molecule has 164 valence electrons. The summed E-state index contributed by atoms with van der Waals surface area (Å²) in [5.74, 6) is 0.689. The van der Waals surface area contributed by atoms with Crippen LogP contribution in [0.25, 0.3) is 11.0 Å². The van der Waals surface area contributed by atoms with Crippen LogP contribution in [-0.2, 0) is 18.3 Å². The zero-order chi connectivity index (χ0) is 19.6. The van der Waals surface area contributed by atoms with Crippen molar-refractivity contribution >= 4 is 41.8 Å². The van der Waals surface area contributed by atoms with E-state index in [9.17, 15) is 4.79 Å². The van der Waals surface area contributed by atoms with Gasteiger partial charge < -0.3 is 15.4 Å².